The van der Waals surface area contributed by atoms with E-state index in [0.717, 1.165) is 0 Å². The predicted molar refractivity (Wildman–Crippen MR) is 60.5 cm³/mol. The molecular formula is C13H19N. The summed E-state index contributed by atoms with van der Waals surface area (Å²) in [6.07, 6.45) is 3.75. The fraction of sp³-hybridized carbons (Fsp3) is 0.538. The van der Waals surface area contributed by atoms with Crippen molar-refractivity contribution in [1.29, 1.82) is 0 Å². The van der Waals surface area contributed by atoms with Crippen molar-refractivity contribution in [3.8, 4) is 0 Å². The van der Waals surface area contributed by atoms with Crippen molar-refractivity contribution < 1.29 is 0 Å². The van der Waals surface area contributed by atoms with Gasteiger partial charge in [-0.2, -0.15) is 0 Å². The third kappa shape index (κ3) is 1.83. The highest BCUT2D eigenvalue weighted by Gasteiger charge is 2.25. The highest BCUT2D eigenvalue weighted by molar-refractivity contribution is 5.32. The highest BCUT2D eigenvalue weighted by atomic mass is 14.7. The predicted octanol–water partition coefficient (Wildman–Crippen LogP) is 2.90. The number of aryl methyl sites for hydroxylation is 2. The first-order chi connectivity index (χ1) is 6.66. The molecule has 76 valence electrons. The Balaban J connectivity index is 2.31. The van der Waals surface area contributed by atoms with Crippen molar-refractivity contribution >= 4 is 0 Å². The van der Waals surface area contributed by atoms with E-state index < -0.39 is 0 Å². The number of hydrogen-bond donors (Lipinski definition) is 1. The second-order valence-corrected chi connectivity index (χ2v) is 4.62. The lowest BCUT2D eigenvalue weighted by molar-refractivity contribution is 0.612. The van der Waals surface area contributed by atoms with Crippen molar-refractivity contribution in [3.05, 3.63) is 34.9 Å². The van der Waals surface area contributed by atoms with E-state index in [1.165, 1.54) is 36.0 Å². The van der Waals surface area contributed by atoms with E-state index in [1.807, 2.05) is 0 Å². The Morgan fingerprint density at radius 3 is 2.21 bits per heavy atom. The summed E-state index contributed by atoms with van der Waals surface area (Å²) in [4.78, 5) is 0. The van der Waals surface area contributed by atoms with Gasteiger partial charge in [-0.3, -0.25) is 0 Å². The molecule has 0 bridgehead atoms. The molecule has 14 heavy (non-hydrogen) atoms. The van der Waals surface area contributed by atoms with E-state index >= 15 is 0 Å². The van der Waals surface area contributed by atoms with Gasteiger partial charge in [-0.05, 0) is 38.2 Å². The Morgan fingerprint density at radius 1 is 1.07 bits per heavy atom. The number of hydrogen-bond acceptors (Lipinski definition) is 1. The summed E-state index contributed by atoms with van der Waals surface area (Å²) >= 11 is 0. The Labute approximate surface area is 86.3 Å². The van der Waals surface area contributed by atoms with Crippen LogP contribution in [0.15, 0.2) is 18.2 Å². The molecule has 2 N–H and O–H groups in total. The summed E-state index contributed by atoms with van der Waals surface area (Å²) < 4.78 is 0. The van der Waals surface area contributed by atoms with Gasteiger partial charge in [-0.15, -0.1) is 0 Å². The molecule has 0 unspecified atom stereocenters. The van der Waals surface area contributed by atoms with E-state index in [-0.39, 0.29) is 0 Å². The molecule has 0 amide bonds. The van der Waals surface area contributed by atoms with Gasteiger partial charge in [-0.25, -0.2) is 0 Å². The molecule has 1 heteroatoms. The molecule has 1 saturated carbocycles. The third-order valence-corrected chi connectivity index (χ3v) is 3.24. The lowest BCUT2D eigenvalue weighted by atomic mass is 9.92. The van der Waals surface area contributed by atoms with Crippen LogP contribution in [0, 0.1) is 13.8 Å². The lowest BCUT2D eigenvalue weighted by Crippen LogP contribution is -2.22. The van der Waals surface area contributed by atoms with Crippen LogP contribution in [0.25, 0.3) is 0 Å². The van der Waals surface area contributed by atoms with Crippen molar-refractivity contribution in [2.45, 2.75) is 45.1 Å². The van der Waals surface area contributed by atoms with Gasteiger partial charge >= 0.3 is 0 Å². The maximum absolute atomic E-state index is 6.11. The minimum absolute atomic E-state index is 0.385. The van der Waals surface area contributed by atoms with E-state index in [2.05, 4.69) is 32.0 Å². The molecule has 1 aliphatic carbocycles. The van der Waals surface area contributed by atoms with Crippen LogP contribution >= 0.6 is 0 Å². The van der Waals surface area contributed by atoms with Crippen molar-refractivity contribution in [2.75, 3.05) is 0 Å². The molecule has 0 heterocycles. The Morgan fingerprint density at radius 2 is 1.71 bits per heavy atom. The molecule has 0 spiro atoms. The normalized spacial score (nSPS) is 26.8. The second kappa shape index (κ2) is 3.74. The van der Waals surface area contributed by atoms with Crippen LogP contribution in [-0.4, -0.2) is 6.04 Å². The molecular weight excluding hydrogens is 170 g/mol. The second-order valence-electron chi connectivity index (χ2n) is 4.62. The minimum Gasteiger partial charge on any atom is -0.327 e. The van der Waals surface area contributed by atoms with Gasteiger partial charge in [0.05, 0.1) is 0 Å². The first-order valence-corrected chi connectivity index (χ1v) is 5.50. The smallest absolute Gasteiger partial charge is 0.0108 e. The first-order valence-electron chi connectivity index (χ1n) is 5.50. The Kier molecular flexibility index (Phi) is 2.60. The van der Waals surface area contributed by atoms with Gasteiger partial charge in [0.2, 0.25) is 0 Å². The monoisotopic (exact) mass is 189 g/mol. The first kappa shape index (κ1) is 9.72. The number of benzene rings is 1. The summed E-state index contributed by atoms with van der Waals surface area (Å²) in [5, 5.41) is 0. The van der Waals surface area contributed by atoms with Gasteiger partial charge in [0.1, 0.15) is 0 Å². The summed E-state index contributed by atoms with van der Waals surface area (Å²) in [5.74, 6) is 0.605. The molecule has 2 atom stereocenters. The lowest BCUT2D eigenvalue weighted by Gasteiger charge is -2.16. The van der Waals surface area contributed by atoms with Gasteiger partial charge in [-0.1, -0.05) is 35.7 Å². The summed E-state index contributed by atoms with van der Waals surface area (Å²) in [6, 6.07) is 7.20. The summed E-state index contributed by atoms with van der Waals surface area (Å²) in [6.45, 7) is 4.33. The Hall–Kier alpha value is -0.820. The molecule has 0 aromatic heterocycles. The largest absolute Gasteiger partial charge is 0.327 e. The fourth-order valence-electron chi connectivity index (χ4n) is 2.63. The van der Waals surface area contributed by atoms with Crippen LogP contribution in [0.2, 0.25) is 0 Å². The average Bonchev–Trinajstić information content (AvgIpc) is 2.49. The summed E-state index contributed by atoms with van der Waals surface area (Å²) in [7, 11) is 0. The fourth-order valence-corrected chi connectivity index (χ4v) is 2.63. The van der Waals surface area contributed by atoms with Crippen LogP contribution in [0.5, 0.6) is 0 Å². The van der Waals surface area contributed by atoms with Crippen LogP contribution in [0.4, 0.5) is 0 Å². The zero-order valence-electron chi connectivity index (χ0n) is 9.09. The zero-order chi connectivity index (χ0) is 10.1. The van der Waals surface area contributed by atoms with E-state index in [4.69, 9.17) is 5.73 Å². The maximum atomic E-state index is 6.11. The third-order valence-electron chi connectivity index (χ3n) is 3.24. The molecule has 1 aliphatic rings. The highest BCUT2D eigenvalue weighted by Crippen LogP contribution is 2.33. The Bertz CT molecular complexity index is 310. The molecule has 1 fully saturated rings. The zero-order valence-corrected chi connectivity index (χ0v) is 9.09. The van der Waals surface area contributed by atoms with Crippen LogP contribution in [-0.2, 0) is 0 Å². The average molecular weight is 189 g/mol. The number of rotatable bonds is 1. The molecule has 1 aromatic rings. The maximum Gasteiger partial charge on any atom is 0.0108 e. The molecule has 1 nitrogen and oxygen atoms in total. The van der Waals surface area contributed by atoms with Crippen molar-refractivity contribution in [1.82, 2.24) is 0 Å². The molecule has 0 saturated heterocycles. The van der Waals surface area contributed by atoms with Gasteiger partial charge < -0.3 is 5.73 Å². The van der Waals surface area contributed by atoms with Crippen molar-refractivity contribution in [3.63, 3.8) is 0 Å². The van der Waals surface area contributed by atoms with Crippen LogP contribution in [0.1, 0.15) is 41.9 Å². The summed E-state index contributed by atoms with van der Waals surface area (Å²) in [5.41, 5.74) is 10.3. The number of nitrogens with two attached hydrogens (primary N) is 1. The van der Waals surface area contributed by atoms with E-state index in [0.29, 0.717) is 12.0 Å². The van der Waals surface area contributed by atoms with Crippen LogP contribution < -0.4 is 5.73 Å². The van der Waals surface area contributed by atoms with E-state index in [9.17, 15) is 0 Å². The van der Waals surface area contributed by atoms with Gasteiger partial charge in [0.25, 0.3) is 0 Å². The standard InChI is InChI=1S/C13H19N/c1-9-6-10(2)8-11(7-9)12-4-3-5-13(12)14/h6-8,12-13H,3-5,14H2,1-2H3/t12-,13+/m0/s1. The molecule has 0 radical (unpaired) electrons. The molecule has 0 aliphatic heterocycles. The van der Waals surface area contributed by atoms with Gasteiger partial charge in [0.15, 0.2) is 0 Å². The minimum atomic E-state index is 0.385. The quantitative estimate of drug-likeness (QED) is 0.722. The topological polar surface area (TPSA) is 26.0 Å². The molecule has 2 rings (SSSR count). The van der Waals surface area contributed by atoms with Crippen LogP contribution in [0.3, 0.4) is 0 Å². The van der Waals surface area contributed by atoms with Crippen molar-refractivity contribution in [2.24, 2.45) is 5.73 Å². The van der Waals surface area contributed by atoms with Gasteiger partial charge in [0, 0.05) is 6.04 Å². The van der Waals surface area contributed by atoms with E-state index in [1.54, 1.807) is 0 Å². The SMILES string of the molecule is Cc1cc(C)cc([C@@H]2CCC[C@H]2N)c1. The molecule has 1 aromatic carbocycles.